The van der Waals surface area contributed by atoms with Gasteiger partial charge in [-0.1, -0.05) is 59.4 Å². The van der Waals surface area contributed by atoms with Gasteiger partial charge in [0.15, 0.2) is 0 Å². The van der Waals surface area contributed by atoms with Crippen molar-refractivity contribution in [1.29, 1.82) is 0 Å². The molecule has 2 heterocycles. The van der Waals surface area contributed by atoms with Crippen LogP contribution in [-0.2, 0) is 27.3 Å². The number of carbonyl (C=O) groups is 5. The summed E-state index contributed by atoms with van der Waals surface area (Å²) in [6.07, 6.45) is 0.882. The van der Waals surface area contributed by atoms with Gasteiger partial charge in [-0.3, -0.25) is 14.4 Å². The number of halogens is 4. The lowest BCUT2D eigenvalue weighted by Gasteiger charge is -2.25. The summed E-state index contributed by atoms with van der Waals surface area (Å²) in [7, 11) is 1.27. The number of aromatic carboxylic acids is 1. The molecule has 1 aromatic heterocycles. The van der Waals surface area contributed by atoms with Crippen molar-refractivity contribution in [1.82, 2.24) is 4.90 Å². The summed E-state index contributed by atoms with van der Waals surface area (Å²) < 4.78 is 5.00. The fraction of sp³-hybridized carbons (Fsp3) is 0.276. The van der Waals surface area contributed by atoms with Gasteiger partial charge in [-0.25, -0.2) is 9.59 Å². The second-order valence-electron chi connectivity index (χ2n) is 9.69. The molecule has 0 fully saturated rings. The van der Waals surface area contributed by atoms with Crippen LogP contribution in [0.4, 0.5) is 10.7 Å². The van der Waals surface area contributed by atoms with E-state index in [0.29, 0.717) is 41.4 Å². The number of thiophene rings is 1. The number of rotatable bonds is 9. The van der Waals surface area contributed by atoms with Crippen LogP contribution < -0.4 is 10.6 Å². The molecule has 0 bridgehead atoms. The van der Waals surface area contributed by atoms with E-state index in [1.165, 1.54) is 37.1 Å². The number of ether oxygens (including phenoxy) is 1. The zero-order chi connectivity index (χ0) is 33.2. The quantitative estimate of drug-likeness (QED) is 0.0888. The molecule has 45 heavy (non-hydrogen) atoms. The summed E-state index contributed by atoms with van der Waals surface area (Å²) in [6.45, 7) is 4.11. The lowest BCUT2D eigenvalue weighted by Crippen LogP contribution is -2.34. The molecule has 0 aliphatic carbocycles. The number of hydrogen-bond acceptors (Lipinski definition) is 8. The molecule has 238 valence electrons. The Kier molecular flexibility index (Phi) is 11.3. The molecule has 3 N–H and O–H groups in total. The number of amides is 3. The van der Waals surface area contributed by atoms with Crippen LogP contribution in [0, 0.1) is 0 Å². The number of methoxy groups -OCH3 is 1. The first-order valence-electron chi connectivity index (χ1n) is 13.2. The molecule has 3 amide bonds. The van der Waals surface area contributed by atoms with Crippen LogP contribution in [0.2, 0.25) is 20.1 Å². The number of hydrogen-bond donors (Lipinski definition) is 3. The van der Waals surface area contributed by atoms with E-state index in [2.05, 4.69) is 10.6 Å². The van der Waals surface area contributed by atoms with Crippen LogP contribution >= 0.6 is 69.5 Å². The minimum Gasteiger partial charge on any atom is -0.478 e. The minimum absolute atomic E-state index is 0.0775. The van der Waals surface area contributed by atoms with Gasteiger partial charge in [-0.15, -0.1) is 23.1 Å². The normalized spacial score (nSPS) is 13.1. The third kappa shape index (κ3) is 7.37. The second-order valence-corrected chi connectivity index (χ2v) is 13.6. The molecule has 1 unspecified atom stereocenters. The smallest absolute Gasteiger partial charge is 0.341 e. The predicted octanol–water partition coefficient (Wildman–Crippen LogP) is 7.51. The summed E-state index contributed by atoms with van der Waals surface area (Å²) in [5, 5.41) is 13.5. The van der Waals surface area contributed by atoms with Gasteiger partial charge in [0, 0.05) is 28.9 Å². The fourth-order valence-electron chi connectivity index (χ4n) is 4.64. The number of carboxylic acid groups (broad SMARTS) is 1. The number of fused-ring (bicyclic) bond motifs is 1. The van der Waals surface area contributed by atoms with Crippen LogP contribution in [0.25, 0.3) is 0 Å². The first-order valence-corrected chi connectivity index (χ1v) is 16.5. The van der Waals surface area contributed by atoms with Gasteiger partial charge in [-0.2, -0.15) is 0 Å². The third-order valence-electron chi connectivity index (χ3n) is 6.87. The molecule has 1 atom stereocenters. The molecule has 4 rings (SSSR count). The molecular weight excluding hydrogens is 708 g/mol. The number of carboxylic acids is 1. The molecule has 0 spiro atoms. The average molecular weight is 733 g/mol. The molecular formula is C29H25Cl4N3O7S2. The van der Waals surface area contributed by atoms with Gasteiger partial charge in [0.1, 0.15) is 5.00 Å². The first-order chi connectivity index (χ1) is 21.3. The van der Waals surface area contributed by atoms with Gasteiger partial charge >= 0.3 is 11.9 Å². The van der Waals surface area contributed by atoms with E-state index in [9.17, 15) is 29.1 Å². The Balaban J connectivity index is 1.55. The highest BCUT2D eigenvalue weighted by atomic mass is 35.5. The second kappa shape index (κ2) is 14.6. The highest BCUT2D eigenvalue weighted by molar-refractivity contribution is 8.00. The molecule has 3 aromatic rings. The summed E-state index contributed by atoms with van der Waals surface area (Å²) in [4.78, 5) is 66.2. The van der Waals surface area contributed by atoms with Crippen molar-refractivity contribution in [3.8, 4) is 0 Å². The number of carbonyl (C=O) groups excluding carboxylic acids is 4. The summed E-state index contributed by atoms with van der Waals surface area (Å²) in [6, 6.07) is 6.56. The maximum absolute atomic E-state index is 13.5. The number of benzene rings is 2. The van der Waals surface area contributed by atoms with E-state index in [4.69, 9.17) is 51.1 Å². The third-order valence-corrected chi connectivity index (χ3v) is 11.2. The first kappa shape index (κ1) is 34.9. The van der Waals surface area contributed by atoms with E-state index >= 15 is 0 Å². The number of esters is 1. The van der Waals surface area contributed by atoms with Crippen molar-refractivity contribution in [2.45, 2.75) is 43.4 Å². The molecule has 10 nitrogen and oxygen atoms in total. The van der Waals surface area contributed by atoms with Crippen molar-refractivity contribution >= 4 is 110 Å². The Morgan fingerprint density at radius 1 is 1.02 bits per heavy atom. The Hall–Kier alpha value is -3.00. The largest absolute Gasteiger partial charge is 0.478 e. The van der Waals surface area contributed by atoms with Crippen LogP contribution in [0.5, 0.6) is 0 Å². The standard InChI is InChI=1S/C29H25Cl4N3O7S2/c1-4-16(25(38)35-27-18(29(42)43-3)15-8-9-36(12(2)37)11-17(15)45-27)44-14-7-5-6-13(10-14)34-26(39)19-20(28(40)41)22(31)24(33)23(32)21(19)30/h5-7,10,16H,4,8-9,11H2,1-3H3,(H,34,39)(H,35,38)(H,40,41). The van der Waals surface area contributed by atoms with Crippen molar-refractivity contribution in [3.05, 3.63) is 71.5 Å². The Morgan fingerprint density at radius 2 is 1.69 bits per heavy atom. The van der Waals surface area contributed by atoms with Gasteiger partial charge in [0.2, 0.25) is 11.8 Å². The topological polar surface area (TPSA) is 142 Å². The molecule has 1 aliphatic rings. The number of thioether (sulfide) groups is 1. The molecule has 1 aliphatic heterocycles. The van der Waals surface area contributed by atoms with E-state index < -0.39 is 39.2 Å². The highest BCUT2D eigenvalue weighted by Crippen LogP contribution is 2.42. The number of nitrogens with zero attached hydrogens (tertiary/aromatic N) is 1. The fourth-order valence-corrected chi connectivity index (χ4v) is 7.93. The van der Waals surface area contributed by atoms with Gasteiger partial charge in [-0.05, 0) is 36.6 Å². The van der Waals surface area contributed by atoms with Crippen LogP contribution in [0.15, 0.2) is 29.2 Å². The summed E-state index contributed by atoms with van der Waals surface area (Å²) >= 11 is 26.8. The highest BCUT2D eigenvalue weighted by Gasteiger charge is 2.32. The lowest BCUT2D eigenvalue weighted by molar-refractivity contribution is -0.129. The summed E-state index contributed by atoms with van der Waals surface area (Å²) in [5.41, 5.74) is 0.277. The maximum atomic E-state index is 13.5. The molecule has 0 saturated carbocycles. The Bertz CT molecular complexity index is 1730. The average Bonchev–Trinajstić information content (AvgIpc) is 3.36. The number of anilines is 2. The van der Waals surface area contributed by atoms with Gasteiger partial charge in [0.05, 0.1) is 55.7 Å². The molecule has 0 radical (unpaired) electrons. The Labute approximate surface area is 286 Å². The van der Waals surface area contributed by atoms with Crippen molar-refractivity contribution < 1.29 is 33.8 Å². The van der Waals surface area contributed by atoms with Crippen molar-refractivity contribution in [2.24, 2.45) is 0 Å². The molecule has 16 heteroatoms. The van der Waals surface area contributed by atoms with Crippen LogP contribution in [0.1, 0.15) is 61.8 Å². The van der Waals surface area contributed by atoms with Gasteiger partial charge < -0.3 is 25.4 Å². The minimum atomic E-state index is -1.52. The zero-order valence-electron chi connectivity index (χ0n) is 23.9. The summed E-state index contributed by atoms with van der Waals surface area (Å²) in [5.74, 6) is -3.41. The van der Waals surface area contributed by atoms with E-state index in [-0.39, 0.29) is 32.6 Å². The number of nitrogens with one attached hydrogen (secondary N) is 2. The van der Waals surface area contributed by atoms with Crippen molar-refractivity contribution in [3.63, 3.8) is 0 Å². The van der Waals surface area contributed by atoms with E-state index in [0.717, 1.165) is 10.4 Å². The zero-order valence-corrected chi connectivity index (χ0v) is 28.5. The Morgan fingerprint density at radius 3 is 2.29 bits per heavy atom. The maximum Gasteiger partial charge on any atom is 0.341 e. The SMILES string of the molecule is CCC(Sc1cccc(NC(=O)c2c(Cl)c(Cl)c(Cl)c(Cl)c2C(=O)O)c1)C(=O)Nc1sc2c(c1C(=O)OC)CCN(C(C)=O)C2. The van der Waals surface area contributed by atoms with E-state index in [1.807, 2.05) is 6.92 Å². The molecule has 2 aromatic carbocycles. The molecule has 0 saturated heterocycles. The van der Waals surface area contributed by atoms with E-state index in [1.54, 1.807) is 29.2 Å². The lowest BCUT2D eigenvalue weighted by atomic mass is 10.0. The van der Waals surface area contributed by atoms with Crippen LogP contribution in [0.3, 0.4) is 0 Å². The predicted molar refractivity (Wildman–Crippen MR) is 177 cm³/mol. The van der Waals surface area contributed by atoms with Crippen molar-refractivity contribution in [2.75, 3.05) is 24.3 Å². The monoisotopic (exact) mass is 731 g/mol. The van der Waals surface area contributed by atoms with Crippen LogP contribution in [-0.4, -0.2) is 58.6 Å². The van der Waals surface area contributed by atoms with Gasteiger partial charge in [0.25, 0.3) is 5.91 Å².